The lowest BCUT2D eigenvalue weighted by Crippen LogP contribution is -2.39. The summed E-state index contributed by atoms with van der Waals surface area (Å²) in [6.07, 6.45) is 2.85. The van der Waals surface area contributed by atoms with Gasteiger partial charge in [0.05, 0.1) is 0 Å². The van der Waals surface area contributed by atoms with E-state index in [4.69, 9.17) is 9.15 Å². The van der Waals surface area contributed by atoms with Gasteiger partial charge in [-0.3, -0.25) is 9.69 Å². The molecule has 0 aliphatic carbocycles. The number of esters is 1. The van der Waals surface area contributed by atoms with Gasteiger partial charge in [-0.15, -0.1) is 0 Å². The molecule has 1 saturated heterocycles. The Bertz CT molecular complexity index is 1050. The minimum atomic E-state index is -0.604. The molecule has 1 atom stereocenters. The SMILES string of the molecule is CSCc1c(C(=O)OCC(=O)NC2CCN(Cc3ccccc3)C2)oc2ccccc12. The quantitative estimate of drug-likeness (QED) is 0.539. The molecular formula is C24H26N2O4S. The van der Waals surface area contributed by atoms with E-state index >= 15 is 0 Å². The maximum absolute atomic E-state index is 12.6. The predicted octanol–water partition coefficient (Wildman–Crippen LogP) is 3.84. The summed E-state index contributed by atoms with van der Waals surface area (Å²) in [5.41, 5.74) is 2.71. The number of carbonyl (C=O) groups is 2. The molecule has 162 valence electrons. The van der Waals surface area contributed by atoms with E-state index in [9.17, 15) is 9.59 Å². The standard InChI is InChI=1S/C24H26N2O4S/c1-31-16-20-19-9-5-6-10-21(19)30-23(20)24(28)29-15-22(27)25-18-11-12-26(14-18)13-17-7-3-2-4-8-17/h2-10,18H,11-16H2,1H3,(H,25,27). The van der Waals surface area contributed by atoms with Crippen molar-refractivity contribution < 1.29 is 18.7 Å². The summed E-state index contributed by atoms with van der Waals surface area (Å²) in [5.74, 6) is -0.0827. The molecule has 4 rings (SSSR count). The fourth-order valence-corrected chi connectivity index (χ4v) is 4.53. The van der Waals surface area contributed by atoms with Crippen molar-refractivity contribution >= 4 is 34.6 Å². The number of ether oxygens (including phenoxy) is 1. The van der Waals surface area contributed by atoms with Crippen LogP contribution in [0.3, 0.4) is 0 Å². The van der Waals surface area contributed by atoms with Gasteiger partial charge < -0.3 is 14.5 Å². The Morgan fingerprint density at radius 2 is 1.94 bits per heavy atom. The summed E-state index contributed by atoms with van der Waals surface area (Å²) in [6.45, 7) is 2.27. The highest BCUT2D eigenvalue weighted by atomic mass is 32.2. The van der Waals surface area contributed by atoms with Crippen molar-refractivity contribution in [1.82, 2.24) is 10.2 Å². The number of para-hydroxylation sites is 1. The van der Waals surface area contributed by atoms with Gasteiger partial charge in [-0.2, -0.15) is 11.8 Å². The lowest BCUT2D eigenvalue weighted by molar-refractivity contribution is -0.124. The minimum Gasteiger partial charge on any atom is -0.450 e. The van der Waals surface area contributed by atoms with Gasteiger partial charge in [0.25, 0.3) is 5.91 Å². The van der Waals surface area contributed by atoms with Crippen LogP contribution in [0.5, 0.6) is 0 Å². The molecule has 0 radical (unpaired) electrons. The van der Waals surface area contributed by atoms with E-state index in [0.29, 0.717) is 11.3 Å². The van der Waals surface area contributed by atoms with Crippen LogP contribution in [-0.4, -0.2) is 48.8 Å². The van der Waals surface area contributed by atoms with E-state index < -0.39 is 5.97 Å². The van der Waals surface area contributed by atoms with Crippen molar-refractivity contribution in [3.63, 3.8) is 0 Å². The minimum absolute atomic E-state index is 0.0631. The highest BCUT2D eigenvalue weighted by Crippen LogP contribution is 2.29. The van der Waals surface area contributed by atoms with E-state index in [0.717, 1.165) is 37.0 Å². The molecule has 1 aliphatic heterocycles. The smallest absolute Gasteiger partial charge is 0.375 e. The molecule has 0 spiro atoms. The van der Waals surface area contributed by atoms with Crippen LogP contribution in [0.25, 0.3) is 11.0 Å². The molecule has 2 heterocycles. The topological polar surface area (TPSA) is 71.8 Å². The van der Waals surface area contributed by atoms with Crippen molar-refractivity contribution in [3.05, 3.63) is 71.5 Å². The van der Waals surface area contributed by atoms with Crippen molar-refractivity contribution in [3.8, 4) is 0 Å². The number of thioether (sulfide) groups is 1. The van der Waals surface area contributed by atoms with Crippen LogP contribution in [0.2, 0.25) is 0 Å². The zero-order valence-corrected chi connectivity index (χ0v) is 18.3. The normalized spacial score (nSPS) is 16.5. The van der Waals surface area contributed by atoms with Crippen LogP contribution in [-0.2, 0) is 21.8 Å². The Morgan fingerprint density at radius 1 is 1.16 bits per heavy atom. The molecule has 0 bridgehead atoms. The van der Waals surface area contributed by atoms with Crippen LogP contribution in [0.1, 0.15) is 28.1 Å². The highest BCUT2D eigenvalue weighted by Gasteiger charge is 2.25. The molecule has 6 nitrogen and oxygen atoms in total. The predicted molar refractivity (Wildman–Crippen MR) is 122 cm³/mol. The Balaban J connectivity index is 1.29. The Labute approximate surface area is 185 Å². The van der Waals surface area contributed by atoms with Crippen molar-refractivity contribution in [2.75, 3.05) is 26.0 Å². The molecule has 3 aromatic rings. The molecule has 31 heavy (non-hydrogen) atoms. The van der Waals surface area contributed by atoms with Crippen LogP contribution in [0, 0.1) is 0 Å². The number of carbonyl (C=O) groups excluding carboxylic acids is 2. The third-order valence-corrected chi connectivity index (χ3v) is 5.97. The van der Waals surface area contributed by atoms with Crippen LogP contribution < -0.4 is 5.32 Å². The lowest BCUT2D eigenvalue weighted by atomic mass is 10.1. The number of hydrogen-bond donors (Lipinski definition) is 1. The second kappa shape index (κ2) is 10.0. The molecule has 2 aromatic carbocycles. The summed E-state index contributed by atoms with van der Waals surface area (Å²) in [5, 5.41) is 3.88. The second-order valence-corrected chi connectivity index (χ2v) is 8.55. The first-order valence-electron chi connectivity index (χ1n) is 10.4. The molecule has 1 amide bonds. The maximum Gasteiger partial charge on any atom is 0.375 e. The number of nitrogens with one attached hydrogen (secondary N) is 1. The number of furan rings is 1. The monoisotopic (exact) mass is 438 g/mol. The third-order valence-electron chi connectivity index (χ3n) is 5.39. The zero-order valence-electron chi connectivity index (χ0n) is 17.5. The van der Waals surface area contributed by atoms with E-state index in [1.54, 1.807) is 11.8 Å². The number of nitrogens with zero attached hydrogens (tertiary/aromatic N) is 1. The first kappa shape index (κ1) is 21.5. The van der Waals surface area contributed by atoms with E-state index in [2.05, 4.69) is 22.3 Å². The fraction of sp³-hybridized carbons (Fsp3) is 0.333. The summed E-state index contributed by atoms with van der Waals surface area (Å²) >= 11 is 1.60. The van der Waals surface area contributed by atoms with Gasteiger partial charge in [0, 0.05) is 42.4 Å². The van der Waals surface area contributed by atoms with E-state index in [1.807, 2.05) is 48.7 Å². The van der Waals surface area contributed by atoms with Crippen LogP contribution in [0.15, 0.2) is 59.0 Å². The number of amides is 1. The maximum atomic E-state index is 12.6. The van der Waals surface area contributed by atoms with Gasteiger partial charge in [0.2, 0.25) is 5.76 Å². The largest absolute Gasteiger partial charge is 0.450 e. The number of likely N-dealkylation sites (tertiary alicyclic amines) is 1. The Hall–Kier alpha value is -2.77. The number of fused-ring (bicyclic) bond motifs is 1. The van der Waals surface area contributed by atoms with Crippen LogP contribution in [0.4, 0.5) is 0 Å². The summed E-state index contributed by atoms with van der Waals surface area (Å²) < 4.78 is 11.0. The van der Waals surface area contributed by atoms with Gasteiger partial charge in [0.1, 0.15) is 5.58 Å². The first-order valence-corrected chi connectivity index (χ1v) is 11.8. The molecule has 1 N–H and O–H groups in total. The van der Waals surface area contributed by atoms with Crippen molar-refractivity contribution in [2.45, 2.75) is 24.8 Å². The molecular weight excluding hydrogens is 412 g/mol. The number of benzene rings is 2. The Kier molecular flexibility index (Phi) is 6.94. The Morgan fingerprint density at radius 3 is 2.74 bits per heavy atom. The van der Waals surface area contributed by atoms with Crippen molar-refractivity contribution in [2.24, 2.45) is 0 Å². The van der Waals surface area contributed by atoms with Gasteiger partial charge in [0.15, 0.2) is 6.61 Å². The third kappa shape index (κ3) is 5.29. The van der Waals surface area contributed by atoms with Gasteiger partial charge >= 0.3 is 5.97 Å². The second-order valence-electron chi connectivity index (χ2n) is 7.69. The molecule has 1 aromatic heterocycles. The molecule has 1 unspecified atom stereocenters. The number of rotatable bonds is 8. The van der Waals surface area contributed by atoms with E-state index in [1.165, 1.54) is 5.56 Å². The average molecular weight is 439 g/mol. The molecule has 7 heteroatoms. The van der Waals surface area contributed by atoms with Gasteiger partial charge in [-0.05, 0) is 24.3 Å². The summed E-state index contributed by atoms with van der Waals surface area (Å²) in [6, 6.07) is 17.9. The molecule has 1 aliphatic rings. The van der Waals surface area contributed by atoms with Crippen molar-refractivity contribution in [1.29, 1.82) is 0 Å². The fourth-order valence-electron chi connectivity index (χ4n) is 3.95. The van der Waals surface area contributed by atoms with E-state index in [-0.39, 0.29) is 24.3 Å². The first-order chi connectivity index (χ1) is 15.1. The van der Waals surface area contributed by atoms with Gasteiger partial charge in [-0.1, -0.05) is 48.5 Å². The number of hydrogen-bond acceptors (Lipinski definition) is 6. The summed E-state index contributed by atoms with van der Waals surface area (Å²) in [7, 11) is 0. The van der Waals surface area contributed by atoms with Gasteiger partial charge in [-0.25, -0.2) is 4.79 Å². The lowest BCUT2D eigenvalue weighted by Gasteiger charge is -2.16. The highest BCUT2D eigenvalue weighted by molar-refractivity contribution is 7.97. The molecule has 1 fully saturated rings. The zero-order chi connectivity index (χ0) is 21.6. The molecule has 0 saturated carbocycles. The average Bonchev–Trinajstić information content (AvgIpc) is 3.37. The summed E-state index contributed by atoms with van der Waals surface area (Å²) in [4.78, 5) is 27.2. The van der Waals surface area contributed by atoms with Crippen LogP contribution >= 0.6 is 11.8 Å².